The molecule has 4 aromatic rings. The summed E-state index contributed by atoms with van der Waals surface area (Å²) in [5.41, 5.74) is -0.155. The van der Waals surface area contributed by atoms with Crippen LogP contribution in [0.5, 0.6) is 11.5 Å². The predicted molar refractivity (Wildman–Crippen MR) is 135 cm³/mol. The number of rotatable bonds is 10. The van der Waals surface area contributed by atoms with Gasteiger partial charge in [0, 0.05) is 22.3 Å². The summed E-state index contributed by atoms with van der Waals surface area (Å²) in [6, 6.07) is 21.4. The van der Waals surface area contributed by atoms with E-state index in [9.17, 15) is 38.8 Å². The molecule has 0 heterocycles. The van der Waals surface area contributed by atoms with Gasteiger partial charge in [-0.15, -0.1) is 0 Å². The molecule has 196 valence electrons. The zero-order valence-electron chi connectivity index (χ0n) is 20.8. The van der Waals surface area contributed by atoms with Crippen LogP contribution in [0.2, 0.25) is 0 Å². The van der Waals surface area contributed by atoms with Crippen LogP contribution in [-0.4, -0.2) is 33.7 Å². The van der Waals surface area contributed by atoms with Crippen LogP contribution >= 0.6 is 7.82 Å². The minimum atomic E-state index is -4.95. The molecule has 4 rings (SSSR count). The van der Waals surface area contributed by atoms with Crippen molar-refractivity contribution in [2.24, 2.45) is 0 Å². The van der Waals surface area contributed by atoms with Gasteiger partial charge >= 0.3 is 49.3 Å². The van der Waals surface area contributed by atoms with Gasteiger partial charge in [0.05, 0.1) is 11.1 Å². The van der Waals surface area contributed by atoms with Crippen LogP contribution < -0.4 is 43.5 Å². The van der Waals surface area contributed by atoms with E-state index in [0.717, 1.165) is 0 Å². The van der Waals surface area contributed by atoms with Gasteiger partial charge in [-0.25, -0.2) is 14.2 Å². The molecule has 40 heavy (non-hydrogen) atoms. The molecule has 0 aliphatic heterocycles. The van der Waals surface area contributed by atoms with E-state index in [1.165, 1.54) is 97.1 Å². The van der Waals surface area contributed by atoms with Gasteiger partial charge in [-0.05, 0) is 60.7 Å². The average Bonchev–Trinajstić information content (AvgIpc) is 2.92. The third-order valence-electron chi connectivity index (χ3n) is 5.47. The Labute approximate surface area is 249 Å². The maximum atomic E-state index is 12.7. The van der Waals surface area contributed by atoms with E-state index in [4.69, 9.17) is 9.05 Å². The summed E-state index contributed by atoms with van der Waals surface area (Å²) in [6.07, 6.45) is 0. The number of benzene rings is 4. The fraction of sp³-hybridized carbons (Fsp3) is 0. The first-order chi connectivity index (χ1) is 18.6. The zero-order chi connectivity index (χ0) is 28.2. The molecule has 0 atom stereocenters. The first kappa shape index (κ1) is 30.5. The van der Waals surface area contributed by atoms with Crippen molar-refractivity contribution in [1.82, 2.24) is 0 Å². The number of hydrogen-bond donors (Lipinski definition) is 2. The van der Waals surface area contributed by atoms with Gasteiger partial charge in [0.15, 0.2) is 11.6 Å². The van der Waals surface area contributed by atoms with Crippen molar-refractivity contribution in [2.45, 2.75) is 0 Å². The third-order valence-corrected chi connectivity index (χ3v) is 6.34. The zero-order valence-corrected chi connectivity index (χ0v) is 23.7. The Morgan fingerprint density at radius 1 is 0.550 bits per heavy atom. The maximum Gasteiger partial charge on any atom is 1.00 e. The van der Waals surface area contributed by atoms with Gasteiger partial charge in [-0.2, -0.15) is 0 Å². The van der Waals surface area contributed by atoms with Gasteiger partial charge in [0.25, 0.3) is 0 Å². The first-order valence-corrected chi connectivity index (χ1v) is 12.7. The Kier molecular flexibility index (Phi) is 9.81. The summed E-state index contributed by atoms with van der Waals surface area (Å²) in [4.78, 5) is 60.6. The number of phosphoric acid groups is 1. The Hall–Kier alpha value is -4.05. The molecule has 2 N–H and O–H groups in total. The van der Waals surface area contributed by atoms with Crippen LogP contribution in [0, 0.1) is 0 Å². The smallest absolute Gasteiger partial charge is 0.736 e. The van der Waals surface area contributed by atoms with E-state index in [1.54, 1.807) is 0 Å². The fourth-order valence-corrected chi connectivity index (χ4v) is 4.45. The summed E-state index contributed by atoms with van der Waals surface area (Å²) >= 11 is 0. The number of aromatic carboxylic acids is 2. The van der Waals surface area contributed by atoms with Crippen LogP contribution in [-0.2, 0) is 4.57 Å². The van der Waals surface area contributed by atoms with Gasteiger partial charge in [-0.1, -0.05) is 36.4 Å². The molecule has 0 saturated carbocycles. The molecule has 4 aromatic carbocycles. The van der Waals surface area contributed by atoms with Crippen molar-refractivity contribution in [1.29, 1.82) is 0 Å². The topological polar surface area (TPSA) is 167 Å². The average molecular weight is 568 g/mol. The van der Waals surface area contributed by atoms with Crippen LogP contribution in [0.3, 0.4) is 0 Å². The molecular weight excluding hydrogens is 550 g/mol. The van der Waals surface area contributed by atoms with Crippen molar-refractivity contribution in [3.05, 3.63) is 130 Å². The first-order valence-electron chi connectivity index (χ1n) is 11.2. The number of carbonyl (C=O) groups excluding carboxylic acids is 2. The molecule has 0 amide bonds. The summed E-state index contributed by atoms with van der Waals surface area (Å²) in [5, 5.41) is 18.6. The minimum absolute atomic E-state index is 0. The fourth-order valence-electron chi connectivity index (χ4n) is 3.66. The summed E-state index contributed by atoms with van der Waals surface area (Å²) in [6.45, 7) is 0. The number of carboxylic acids is 2. The number of ketones is 2. The standard InChI is InChI=1S/C28H19O10P.Na/c29-25(21-5-1-3-7-23(21)27(31)32)17-9-13-19(14-10-17)37-39(35,36)38-20-15-11-18(12-16-20)26(30)22-6-2-4-8-24(22)28(33)34;/h1-16H,(H,31,32)(H,33,34)(H,35,36);/q;+1/p-1. The van der Waals surface area contributed by atoms with E-state index in [2.05, 4.69) is 0 Å². The SMILES string of the molecule is O=C(O)c1ccccc1C(=O)c1ccc(OP(=O)([O-])Oc2ccc(C(=O)c3ccccc3C(=O)O)cc2)cc1.[Na+]. The summed E-state index contributed by atoms with van der Waals surface area (Å²) in [5.74, 6) is -3.97. The quantitative estimate of drug-likeness (QED) is 0.162. The van der Waals surface area contributed by atoms with Crippen LogP contribution in [0.15, 0.2) is 97.1 Å². The van der Waals surface area contributed by atoms with Crippen molar-refractivity contribution in [2.75, 3.05) is 0 Å². The molecule has 12 heteroatoms. The Morgan fingerprint density at radius 2 is 0.850 bits per heavy atom. The van der Waals surface area contributed by atoms with E-state index < -0.39 is 31.3 Å². The van der Waals surface area contributed by atoms with Crippen LogP contribution in [0.4, 0.5) is 0 Å². The molecule has 0 spiro atoms. The Bertz CT molecular complexity index is 1510. The Morgan fingerprint density at radius 3 is 1.15 bits per heavy atom. The molecule has 0 fully saturated rings. The summed E-state index contributed by atoms with van der Waals surface area (Å²) < 4.78 is 22.3. The molecule has 0 radical (unpaired) electrons. The second-order valence-corrected chi connectivity index (χ2v) is 9.30. The van der Waals surface area contributed by atoms with E-state index >= 15 is 0 Å². The van der Waals surface area contributed by atoms with Crippen molar-refractivity contribution >= 4 is 31.3 Å². The Balaban J connectivity index is 0.00000441. The second-order valence-electron chi connectivity index (χ2n) is 8.04. The molecule has 0 bridgehead atoms. The van der Waals surface area contributed by atoms with Crippen LogP contribution in [0.25, 0.3) is 0 Å². The van der Waals surface area contributed by atoms with Gasteiger partial charge < -0.3 is 24.2 Å². The van der Waals surface area contributed by atoms with E-state index in [-0.39, 0.29) is 74.4 Å². The number of carboxylic acid groups (broad SMARTS) is 2. The van der Waals surface area contributed by atoms with E-state index in [0.29, 0.717) is 0 Å². The van der Waals surface area contributed by atoms with Gasteiger partial charge in [0.2, 0.25) is 0 Å². The third kappa shape index (κ3) is 7.12. The monoisotopic (exact) mass is 568 g/mol. The molecule has 10 nitrogen and oxygen atoms in total. The predicted octanol–water partition coefficient (Wildman–Crippen LogP) is 1.48. The van der Waals surface area contributed by atoms with Gasteiger partial charge in [0.1, 0.15) is 11.5 Å². The molecule has 0 aliphatic carbocycles. The number of carbonyl (C=O) groups is 4. The van der Waals surface area contributed by atoms with Gasteiger partial charge in [-0.3, -0.25) is 9.59 Å². The second kappa shape index (κ2) is 12.9. The van der Waals surface area contributed by atoms with Crippen molar-refractivity contribution in [3.8, 4) is 11.5 Å². The van der Waals surface area contributed by atoms with Crippen LogP contribution in [0.1, 0.15) is 52.6 Å². The van der Waals surface area contributed by atoms with Crippen molar-refractivity contribution in [3.63, 3.8) is 0 Å². The number of phosphoric ester groups is 1. The molecule has 0 aliphatic rings. The number of hydrogen-bond acceptors (Lipinski definition) is 8. The molecular formula is C28H18NaO10P. The summed E-state index contributed by atoms with van der Waals surface area (Å²) in [7, 11) is -4.95. The normalized spacial score (nSPS) is 10.6. The van der Waals surface area contributed by atoms with Crippen molar-refractivity contribution < 1.29 is 77.5 Å². The van der Waals surface area contributed by atoms with E-state index in [1.807, 2.05) is 0 Å². The molecule has 0 aromatic heterocycles. The minimum Gasteiger partial charge on any atom is -0.736 e. The maximum absolute atomic E-state index is 12.7. The largest absolute Gasteiger partial charge is 1.00 e. The molecule has 0 unspecified atom stereocenters. The molecule has 0 saturated heterocycles.